The lowest BCUT2D eigenvalue weighted by Gasteiger charge is -2.37. The first kappa shape index (κ1) is 18.3. The van der Waals surface area contributed by atoms with Crippen LogP contribution in [-0.2, 0) is 15.9 Å². The van der Waals surface area contributed by atoms with E-state index in [2.05, 4.69) is 57.7 Å². The molecule has 0 aromatic heterocycles. The van der Waals surface area contributed by atoms with Crippen molar-refractivity contribution in [1.82, 2.24) is 10.2 Å². The van der Waals surface area contributed by atoms with Crippen LogP contribution in [0.1, 0.15) is 18.4 Å². The van der Waals surface area contributed by atoms with E-state index in [0.717, 1.165) is 58.1 Å². The van der Waals surface area contributed by atoms with Gasteiger partial charge in [0.25, 0.3) is 0 Å². The predicted molar refractivity (Wildman–Crippen MR) is 109 cm³/mol. The summed E-state index contributed by atoms with van der Waals surface area (Å²) in [5.41, 5.74) is 1.34. The van der Waals surface area contributed by atoms with Crippen LogP contribution < -0.4 is 5.32 Å². The Kier molecular flexibility index (Phi) is 5.90. The molecule has 144 valence electrons. The zero-order chi connectivity index (χ0) is 18.5. The Hall–Kier alpha value is -2.11. The van der Waals surface area contributed by atoms with E-state index < -0.39 is 0 Å². The third-order valence-corrected chi connectivity index (χ3v) is 5.50. The molecule has 27 heavy (non-hydrogen) atoms. The summed E-state index contributed by atoms with van der Waals surface area (Å²) in [4.78, 5) is 6.79. The third-order valence-electron chi connectivity index (χ3n) is 5.50. The Bertz CT molecular complexity index is 786. The predicted octanol–water partition coefficient (Wildman–Crippen LogP) is 2.84. The van der Waals surface area contributed by atoms with Crippen LogP contribution in [0.5, 0.6) is 0 Å². The van der Waals surface area contributed by atoms with Crippen molar-refractivity contribution in [2.75, 3.05) is 39.9 Å². The summed E-state index contributed by atoms with van der Waals surface area (Å²) in [7, 11) is 1.86. The highest BCUT2D eigenvalue weighted by molar-refractivity contribution is 5.83. The van der Waals surface area contributed by atoms with E-state index in [-0.39, 0.29) is 12.2 Å². The normalized spacial score (nSPS) is 23.7. The largest absolute Gasteiger partial charge is 0.375 e. The van der Waals surface area contributed by atoms with Gasteiger partial charge in [-0.25, -0.2) is 0 Å². The zero-order valence-corrected chi connectivity index (χ0v) is 16.1. The average molecular weight is 367 g/mol. The van der Waals surface area contributed by atoms with Gasteiger partial charge in [0.15, 0.2) is 5.96 Å². The van der Waals surface area contributed by atoms with Crippen LogP contribution in [0.15, 0.2) is 47.5 Å². The lowest BCUT2D eigenvalue weighted by molar-refractivity contribution is -0.0816. The van der Waals surface area contributed by atoms with Crippen molar-refractivity contribution in [2.45, 2.75) is 31.5 Å². The highest BCUT2D eigenvalue weighted by atomic mass is 16.5. The molecule has 2 aliphatic heterocycles. The molecule has 0 bridgehead atoms. The molecule has 4 rings (SSSR count). The molecule has 2 aliphatic rings. The minimum Gasteiger partial charge on any atom is -0.375 e. The summed E-state index contributed by atoms with van der Waals surface area (Å²) in [6, 6.07) is 15.2. The molecular weight excluding hydrogens is 338 g/mol. The van der Waals surface area contributed by atoms with Crippen molar-refractivity contribution in [3.05, 3.63) is 48.0 Å². The monoisotopic (exact) mass is 367 g/mol. The van der Waals surface area contributed by atoms with Crippen LogP contribution in [0.4, 0.5) is 0 Å². The van der Waals surface area contributed by atoms with Crippen LogP contribution >= 0.6 is 0 Å². The molecule has 0 saturated carbocycles. The molecule has 2 unspecified atom stereocenters. The third kappa shape index (κ3) is 4.42. The fourth-order valence-electron chi connectivity index (χ4n) is 4.03. The summed E-state index contributed by atoms with van der Waals surface area (Å²) < 4.78 is 11.8. The number of benzene rings is 2. The maximum absolute atomic E-state index is 5.95. The highest BCUT2D eigenvalue weighted by Gasteiger charge is 2.32. The second-order valence-electron chi connectivity index (χ2n) is 7.31. The summed E-state index contributed by atoms with van der Waals surface area (Å²) in [6.45, 7) is 4.19. The maximum atomic E-state index is 5.95. The number of nitrogens with zero attached hydrogens (tertiary/aromatic N) is 2. The SMILES string of the molecule is CN=C(NCCc1ccc2ccccc2c1)N1CCOC(C2CCCO2)C1. The van der Waals surface area contributed by atoms with Gasteiger partial charge in [0.2, 0.25) is 0 Å². The fraction of sp³-hybridized carbons (Fsp3) is 0.500. The Morgan fingerprint density at radius 1 is 1.11 bits per heavy atom. The Morgan fingerprint density at radius 3 is 2.78 bits per heavy atom. The van der Waals surface area contributed by atoms with Crippen molar-refractivity contribution in [1.29, 1.82) is 0 Å². The minimum absolute atomic E-state index is 0.153. The first-order chi connectivity index (χ1) is 13.3. The summed E-state index contributed by atoms with van der Waals surface area (Å²) >= 11 is 0. The number of morpholine rings is 1. The Morgan fingerprint density at radius 2 is 1.96 bits per heavy atom. The number of fused-ring (bicyclic) bond motifs is 1. The van der Waals surface area contributed by atoms with Crippen molar-refractivity contribution >= 4 is 16.7 Å². The van der Waals surface area contributed by atoms with Crippen LogP contribution in [0.2, 0.25) is 0 Å². The van der Waals surface area contributed by atoms with Gasteiger partial charge < -0.3 is 19.7 Å². The van der Waals surface area contributed by atoms with E-state index in [0.29, 0.717) is 0 Å². The number of aliphatic imine (C=N–C) groups is 1. The number of guanidine groups is 1. The van der Waals surface area contributed by atoms with Crippen LogP contribution in [0.25, 0.3) is 10.8 Å². The second-order valence-corrected chi connectivity index (χ2v) is 7.31. The molecule has 0 amide bonds. The van der Waals surface area contributed by atoms with Crippen LogP contribution in [0.3, 0.4) is 0 Å². The van der Waals surface area contributed by atoms with Crippen molar-refractivity contribution in [2.24, 2.45) is 4.99 Å². The molecule has 2 aromatic rings. The van der Waals surface area contributed by atoms with Crippen LogP contribution in [-0.4, -0.2) is 63.0 Å². The van der Waals surface area contributed by atoms with E-state index in [4.69, 9.17) is 9.47 Å². The van der Waals surface area contributed by atoms with Gasteiger partial charge in [-0.2, -0.15) is 0 Å². The molecule has 2 heterocycles. The molecule has 2 aromatic carbocycles. The van der Waals surface area contributed by atoms with Crippen molar-refractivity contribution in [3.8, 4) is 0 Å². The summed E-state index contributed by atoms with van der Waals surface area (Å²) in [5.74, 6) is 0.960. The average Bonchev–Trinajstić information content (AvgIpc) is 3.26. The van der Waals surface area contributed by atoms with Crippen molar-refractivity contribution < 1.29 is 9.47 Å². The maximum Gasteiger partial charge on any atom is 0.193 e. The van der Waals surface area contributed by atoms with E-state index >= 15 is 0 Å². The molecule has 5 nitrogen and oxygen atoms in total. The minimum atomic E-state index is 0.153. The van der Waals surface area contributed by atoms with E-state index in [1.54, 1.807) is 0 Å². The number of hydrogen-bond donors (Lipinski definition) is 1. The topological polar surface area (TPSA) is 46.1 Å². The van der Waals surface area contributed by atoms with Crippen LogP contribution in [0, 0.1) is 0 Å². The van der Waals surface area contributed by atoms with E-state index in [9.17, 15) is 0 Å². The second kappa shape index (κ2) is 8.72. The molecule has 5 heteroatoms. The van der Waals surface area contributed by atoms with E-state index in [1.165, 1.54) is 16.3 Å². The van der Waals surface area contributed by atoms with Gasteiger partial charge in [0, 0.05) is 33.3 Å². The van der Waals surface area contributed by atoms with Gasteiger partial charge >= 0.3 is 0 Å². The quantitative estimate of drug-likeness (QED) is 0.667. The number of ether oxygens (including phenoxy) is 2. The molecule has 0 aliphatic carbocycles. The van der Waals surface area contributed by atoms with Gasteiger partial charge in [0.05, 0.1) is 12.7 Å². The summed E-state index contributed by atoms with van der Waals surface area (Å²) in [6.07, 6.45) is 3.61. The molecule has 0 spiro atoms. The smallest absolute Gasteiger partial charge is 0.193 e. The first-order valence-corrected chi connectivity index (χ1v) is 10.00. The number of rotatable bonds is 4. The Balaban J connectivity index is 1.31. The summed E-state index contributed by atoms with van der Waals surface area (Å²) in [5, 5.41) is 6.11. The highest BCUT2D eigenvalue weighted by Crippen LogP contribution is 2.21. The standard InChI is InChI=1S/C22H29N3O2/c1-23-22(25-12-14-27-21(16-25)20-7-4-13-26-20)24-11-10-17-8-9-18-5-2-3-6-19(18)15-17/h2-3,5-6,8-9,15,20-21H,4,7,10-14,16H2,1H3,(H,23,24). The zero-order valence-electron chi connectivity index (χ0n) is 16.1. The molecule has 2 fully saturated rings. The van der Waals surface area contributed by atoms with Gasteiger partial charge in [-0.05, 0) is 35.6 Å². The molecule has 2 saturated heterocycles. The lowest BCUT2D eigenvalue weighted by atomic mass is 10.1. The number of hydrogen-bond acceptors (Lipinski definition) is 3. The molecular formula is C22H29N3O2. The van der Waals surface area contributed by atoms with Gasteiger partial charge in [-0.3, -0.25) is 4.99 Å². The number of nitrogens with one attached hydrogen (secondary N) is 1. The van der Waals surface area contributed by atoms with Gasteiger partial charge in [-0.1, -0.05) is 42.5 Å². The van der Waals surface area contributed by atoms with Gasteiger partial charge in [-0.15, -0.1) is 0 Å². The molecule has 1 N–H and O–H groups in total. The first-order valence-electron chi connectivity index (χ1n) is 10.00. The van der Waals surface area contributed by atoms with Crippen molar-refractivity contribution in [3.63, 3.8) is 0 Å². The van der Waals surface area contributed by atoms with Gasteiger partial charge in [0.1, 0.15) is 6.10 Å². The molecule has 2 atom stereocenters. The molecule has 0 radical (unpaired) electrons. The Labute approximate surface area is 161 Å². The lowest BCUT2D eigenvalue weighted by Crippen LogP contribution is -2.53. The fourth-order valence-corrected chi connectivity index (χ4v) is 4.03. The van der Waals surface area contributed by atoms with E-state index in [1.807, 2.05) is 7.05 Å².